The first-order valence-electron chi connectivity index (χ1n) is 9.40. The van der Waals surface area contributed by atoms with Gasteiger partial charge in [0.05, 0.1) is 11.8 Å². The monoisotopic (exact) mass is 406 g/mol. The summed E-state index contributed by atoms with van der Waals surface area (Å²) in [7, 11) is -3.17. The van der Waals surface area contributed by atoms with Gasteiger partial charge in [-0.25, -0.2) is 12.7 Å². The number of ether oxygens (including phenoxy) is 1. The molecule has 0 saturated carbocycles. The molecule has 9 heteroatoms. The number of sulfonamides is 1. The van der Waals surface area contributed by atoms with Gasteiger partial charge in [-0.2, -0.15) is 5.10 Å². The first-order valence-corrected chi connectivity index (χ1v) is 11.2. The third-order valence-corrected chi connectivity index (χ3v) is 6.01. The lowest BCUT2D eigenvalue weighted by atomic mass is 10.1. The summed E-state index contributed by atoms with van der Waals surface area (Å²) in [5.41, 5.74) is 0.493. The fraction of sp³-hybridized carbons (Fsp3) is 0.474. The van der Waals surface area contributed by atoms with Gasteiger partial charge in [0, 0.05) is 38.6 Å². The van der Waals surface area contributed by atoms with Crippen molar-refractivity contribution >= 4 is 15.9 Å². The number of amides is 1. The fourth-order valence-corrected chi connectivity index (χ4v) is 4.06. The molecule has 0 spiro atoms. The molecular weight excluding hydrogens is 380 g/mol. The van der Waals surface area contributed by atoms with Crippen LogP contribution in [0.5, 0.6) is 5.75 Å². The maximum atomic E-state index is 12.6. The van der Waals surface area contributed by atoms with Crippen LogP contribution in [0.1, 0.15) is 29.6 Å². The second-order valence-electron chi connectivity index (χ2n) is 6.85. The van der Waals surface area contributed by atoms with Crippen LogP contribution in [0.4, 0.5) is 0 Å². The van der Waals surface area contributed by atoms with Gasteiger partial charge in [-0.15, -0.1) is 0 Å². The molecule has 0 unspecified atom stereocenters. The third kappa shape index (κ3) is 5.56. The number of hydrogen-bond donors (Lipinski definition) is 1. The SMILES string of the molecule is CS(=O)(=O)N1CCC(Oc2ccccc2C(=O)NCCCn2cccn2)CC1. The van der Waals surface area contributed by atoms with Gasteiger partial charge in [-0.3, -0.25) is 9.48 Å². The predicted octanol–water partition coefficient (Wildman–Crippen LogP) is 1.51. The van der Waals surface area contributed by atoms with Gasteiger partial charge >= 0.3 is 0 Å². The minimum atomic E-state index is -3.17. The standard InChI is InChI=1S/C19H26N4O4S/c1-28(25,26)23-14-8-16(9-15-23)27-18-7-3-2-6-17(18)19(24)20-10-4-12-22-13-5-11-21-22/h2-3,5-7,11,13,16H,4,8-10,12,14-15H2,1H3,(H,20,24). The quantitative estimate of drug-likeness (QED) is 0.671. The summed E-state index contributed by atoms with van der Waals surface area (Å²) in [6, 6.07) is 9.02. The van der Waals surface area contributed by atoms with E-state index in [0.717, 1.165) is 13.0 Å². The molecule has 0 aliphatic carbocycles. The minimum absolute atomic E-state index is 0.105. The van der Waals surface area contributed by atoms with Crippen LogP contribution in [0.25, 0.3) is 0 Å². The van der Waals surface area contributed by atoms with Crippen molar-refractivity contribution < 1.29 is 17.9 Å². The van der Waals surface area contributed by atoms with Crippen molar-refractivity contribution in [3.05, 3.63) is 48.3 Å². The number of aryl methyl sites for hydroxylation is 1. The van der Waals surface area contributed by atoms with Crippen molar-refractivity contribution in [1.82, 2.24) is 19.4 Å². The smallest absolute Gasteiger partial charge is 0.255 e. The average Bonchev–Trinajstić information content (AvgIpc) is 3.19. The third-order valence-electron chi connectivity index (χ3n) is 4.70. The van der Waals surface area contributed by atoms with Crippen molar-refractivity contribution in [2.75, 3.05) is 25.9 Å². The number of carbonyl (C=O) groups is 1. The van der Waals surface area contributed by atoms with Crippen molar-refractivity contribution in [2.24, 2.45) is 0 Å². The summed E-state index contributed by atoms with van der Waals surface area (Å²) in [6.45, 7) is 2.15. The van der Waals surface area contributed by atoms with Gasteiger partial charge in [0.25, 0.3) is 5.91 Å². The molecule has 0 bridgehead atoms. The Kier molecular flexibility index (Phi) is 6.69. The molecule has 1 aromatic heterocycles. The molecule has 0 radical (unpaired) electrons. The highest BCUT2D eigenvalue weighted by molar-refractivity contribution is 7.88. The van der Waals surface area contributed by atoms with E-state index in [1.54, 1.807) is 24.4 Å². The van der Waals surface area contributed by atoms with E-state index in [4.69, 9.17) is 4.74 Å². The summed E-state index contributed by atoms with van der Waals surface area (Å²) >= 11 is 0. The first-order chi connectivity index (χ1) is 13.4. The zero-order valence-corrected chi connectivity index (χ0v) is 16.8. The number of rotatable bonds is 8. The van der Waals surface area contributed by atoms with E-state index in [0.29, 0.717) is 43.8 Å². The normalized spacial score (nSPS) is 16.0. The minimum Gasteiger partial charge on any atom is -0.489 e. The first kappa shape index (κ1) is 20.3. The molecule has 28 heavy (non-hydrogen) atoms. The number of nitrogens with zero attached hydrogens (tertiary/aromatic N) is 3. The summed E-state index contributed by atoms with van der Waals surface area (Å²) < 4.78 is 32.6. The van der Waals surface area contributed by atoms with Crippen molar-refractivity contribution in [3.63, 3.8) is 0 Å². The van der Waals surface area contributed by atoms with Crippen LogP contribution in [0.2, 0.25) is 0 Å². The topological polar surface area (TPSA) is 93.5 Å². The van der Waals surface area contributed by atoms with Gasteiger partial charge in [0.15, 0.2) is 0 Å². The Bertz CT molecular complexity index is 875. The second kappa shape index (κ2) is 9.20. The van der Waals surface area contributed by atoms with Crippen LogP contribution < -0.4 is 10.1 Å². The number of benzene rings is 1. The summed E-state index contributed by atoms with van der Waals surface area (Å²) in [6.07, 6.45) is 6.72. The molecule has 0 atom stereocenters. The Morgan fingerprint density at radius 3 is 2.68 bits per heavy atom. The Balaban J connectivity index is 1.52. The van der Waals surface area contributed by atoms with Crippen molar-refractivity contribution in [1.29, 1.82) is 0 Å². The second-order valence-corrected chi connectivity index (χ2v) is 8.84. The zero-order chi connectivity index (χ0) is 20.0. The summed E-state index contributed by atoms with van der Waals surface area (Å²) in [5.74, 6) is 0.356. The van der Waals surface area contributed by atoms with Gasteiger partial charge < -0.3 is 10.1 Å². The fourth-order valence-electron chi connectivity index (χ4n) is 3.19. The number of piperidine rings is 1. The van der Waals surface area contributed by atoms with Gasteiger partial charge in [-0.1, -0.05) is 12.1 Å². The molecule has 8 nitrogen and oxygen atoms in total. The van der Waals surface area contributed by atoms with E-state index in [1.807, 2.05) is 23.0 Å². The van der Waals surface area contributed by atoms with E-state index in [-0.39, 0.29) is 12.0 Å². The predicted molar refractivity (Wildman–Crippen MR) is 106 cm³/mol. The maximum Gasteiger partial charge on any atom is 0.255 e. The van der Waals surface area contributed by atoms with E-state index in [9.17, 15) is 13.2 Å². The van der Waals surface area contributed by atoms with E-state index < -0.39 is 10.0 Å². The molecule has 152 valence electrons. The van der Waals surface area contributed by atoms with Gasteiger partial charge in [-0.05, 0) is 37.5 Å². The molecule has 2 aromatic rings. The van der Waals surface area contributed by atoms with E-state index >= 15 is 0 Å². The van der Waals surface area contributed by atoms with E-state index in [1.165, 1.54) is 10.6 Å². The van der Waals surface area contributed by atoms with Crippen LogP contribution in [-0.4, -0.2) is 60.4 Å². The Morgan fingerprint density at radius 1 is 1.25 bits per heavy atom. The molecule has 1 aliphatic heterocycles. The van der Waals surface area contributed by atoms with Crippen LogP contribution >= 0.6 is 0 Å². The lowest BCUT2D eigenvalue weighted by Gasteiger charge is -2.30. The summed E-state index contributed by atoms with van der Waals surface area (Å²) in [4.78, 5) is 12.6. The highest BCUT2D eigenvalue weighted by atomic mass is 32.2. The molecule has 2 heterocycles. The number of hydrogen-bond acceptors (Lipinski definition) is 5. The van der Waals surface area contributed by atoms with Crippen molar-refractivity contribution in [2.45, 2.75) is 31.9 Å². The van der Waals surface area contributed by atoms with Crippen molar-refractivity contribution in [3.8, 4) is 5.75 Å². The van der Waals surface area contributed by atoms with Crippen LogP contribution in [0.3, 0.4) is 0 Å². The molecule has 1 amide bonds. The van der Waals surface area contributed by atoms with Crippen LogP contribution in [0, 0.1) is 0 Å². The molecule has 1 fully saturated rings. The lowest BCUT2D eigenvalue weighted by molar-refractivity contribution is 0.0937. The largest absolute Gasteiger partial charge is 0.489 e. The molecule has 3 rings (SSSR count). The number of carbonyl (C=O) groups excluding carboxylic acids is 1. The Morgan fingerprint density at radius 2 is 2.00 bits per heavy atom. The highest BCUT2D eigenvalue weighted by Gasteiger charge is 2.26. The van der Waals surface area contributed by atoms with Crippen LogP contribution in [-0.2, 0) is 16.6 Å². The average molecular weight is 407 g/mol. The molecule has 1 aromatic carbocycles. The maximum absolute atomic E-state index is 12.6. The highest BCUT2D eigenvalue weighted by Crippen LogP contribution is 2.23. The number of para-hydroxylation sites is 1. The van der Waals surface area contributed by atoms with Crippen LogP contribution in [0.15, 0.2) is 42.7 Å². The Hall–Kier alpha value is -2.39. The molecule has 1 aliphatic rings. The Labute approximate surface area is 165 Å². The molecular formula is C19H26N4O4S. The number of nitrogens with one attached hydrogen (secondary N) is 1. The number of aromatic nitrogens is 2. The van der Waals surface area contributed by atoms with E-state index in [2.05, 4.69) is 10.4 Å². The lowest BCUT2D eigenvalue weighted by Crippen LogP contribution is -2.41. The summed E-state index contributed by atoms with van der Waals surface area (Å²) in [5, 5.41) is 7.05. The molecule has 1 N–H and O–H groups in total. The molecule has 1 saturated heterocycles. The van der Waals surface area contributed by atoms with Gasteiger partial charge in [0.1, 0.15) is 11.9 Å². The van der Waals surface area contributed by atoms with Gasteiger partial charge in [0.2, 0.25) is 10.0 Å². The zero-order valence-electron chi connectivity index (χ0n) is 16.0.